The fraction of sp³-hybridized carbons (Fsp3) is 0.591. The summed E-state index contributed by atoms with van der Waals surface area (Å²) in [5, 5.41) is 0. The van der Waals surface area contributed by atoms with Crippen LogP contribution in [0.2, 0.25) is 0 Å². The minimum atomic E-state index is -0.246. The van der Waals surface area contributed by atoms with Crippen LogP contribution in [0.15, 0.2) is 18.2 Å². The number of rotatable bonds is 3. The number of amides is 3. The molecule has 3 aliphatic rings. The van der Waals surface area contributed by atoms with Crippen molar-refractivity contribution in [3.63, 3.8) is 0 Å². The van der Waals surface area contributed by atoms with Gasteiger partial charge in [-0.1, -0.05) is 19.3 Å². The molecule has 0 aromatic heterocycles. The molecule has 1 saturated carbocycles. The summed E-state index contributed by atoms with van der Waals surface area (Å²) in [7, 11) is 0. The third-order valence-corrected chi connectivity index (χ3v) is 6.52. The smallest absolute Gasteiger partial charge is 0.261 e. The lowest BCUT2D eigenvalue weighted by molar-refractivity contribution is 0.0548. The van der Waals surface area contributed by atoms with E-state index in [1.165, 1.54) is 4.90 Å². The number of nitrogens with zero attached hydrogens (tertiary/aromatic N) is 2. The van der Waals surface area contributed by atoms with Gasteiger partial charge in [0.15, 0.2) is 0 Å². The first-order chi connectivity index (χ1) is 13.5. The van der Waals surface area contributed by atoms with E-state index in [0.717, 1.165) is 51.4 Å². The van der Waals surface area contributed by atoms with Crippen molar-refractivity contribution in [3.8, 4) is 0 Å². The van der Waals surface area contributed by atoms with Crippen molar-refractivity contribution in [3.05, 3.63) is 34.9 Å². The van der Waals surface area contributed by atoms with Crippen molar-refractivity contribution in [2.45, 2.75) is 76.4 Å². The number of imide groups is 1. The van der Waals surface area contributed by atoms with Crippen molar-refractivity contribution in [1.82, 2.24) is 9.80 Å². The third kappa shape index (κ3) is 3.24. The quantitative estimate of drug-likeness (QED) is 0.814. The standard InChI is InChI=1S/C22H29N3O3/c1-14(23)19-9-5-6-12-24(19)20(26)15-10-11-17-18(13-15)22(28)25(21(17)27)16-7-3-2-4-8-16/h10-11,13-14,16,19H,2-9,12,23H2,1H3. The van der Waals surface area contributed by atoms with Gasteiger partial charge in [-0.2, -0.15) is 0 Å². The first-order valence-corrected chi connectivity index (χ1v) is 10.6. The molecule has 6 nitrogen and oxygen atoms in total. The van der Waals surface area contributed by atoms with Crippen LogP contribution in [0.5, 0.6) is 0 Å². The van der Waals surface area contributed by atoms with Crippen LogP contribution in [-0.4, -0.2) is 52.2 Å². The third-order valence-electron chi connectivity index (χ3n) is 6.52. The van der Waals surface area contributed by atoms with Crippen molar-refractivity contribution in [2.75, 3.05) is 6.54 Å². The van der Waals surface area contributed by atoms with Gasteiger partial charge in [-0.05, 0) is 57.2 Å². The first-order valence-electron chi connectivity index (χ1n) is 10.6. The highest BCUT2D eigenvalue weighted by atomic mass is 16.2. The number of hydrogen-bond donors (Lipinski definition) is 1. The van der Waals surface area contributed by atoms with Gasteiger partial charge in [0.25, 0.3) is 17.7 Å². The molecule has 6 heteroatoms. The van der Waals surface area contributed by atoms with Crippen LogP contribution >= 0.6 is 0 Å². The van der Waals surface area contributed by atoms with Crippen LogP contribution in [0.4, 0.5) is 0 Å². The van der Waals surface area contributed by atoms with Crippen LogP contribution in [0.3, 0.4) is 0 Å². The molecule has 2 aliphatic heterocycles. The van der Waals surface area contributed by atoms with Crippen molar-refractivity contribution in [2.24, 2.45) is 5.73 Å². The lowest BCUT2D eigenvalue weighted by Crippen LogP contribution is -2.51. The molecule has 1 saturated heterocycles. The van der Waals surface area contributed by atoms with E-state index >= 15 is 0 Å². The van der Waals surface area contributed by atoms with E-state index in [9.17, 15) is 14.4 Å². The maximum absolute atomic E-state index is 13.1. The summed E-state index contributed by atoms with van der Waals surface area (Å²) in [5.74, 6) is -0.553. The summed E-state index contributed by atoms with van der Waals surface area (Å²) >= 11 is 0. The van der Waals surface area contributed by atoms with E-state index < -0.39 is 0 Å². The lowest BCUT2D eigenvalue weighted by Gasteiger charge is -2.38. The van der Waals surface area contributed by atoms with Gasteiger partial charge < -0.3 is 10.6 Å². The summed E-state index contributed by atoms with van der Waals surface area (Å²) in [6.07, 6.45) is 7.96. The molecule has 0 radical (unpaired) electrons. The molecule has 2 fully saturated rings. The molecule has 2 atom stereocenters. The lowest BCUT2D eigenvalue weighted by atomic mass is 9.94. The Morgan fingerprint density at radius 1 is 1.00 bits per heavy atom. The number of hydrogen-bond acceptors (Lipinski definition) is 4. The number of carbonyl (C=O) groups is 3. The Labute approximate surface area is 166 Å². The second-order valence-electron chi connectivity index (χ2n) is 8.45. The second kappa shape index (κ2) is 7.66. The van der Waals surface area contributed by atoms with Gasteiger partial charge in [0.2, 0.25) is 0 Å². The topological polar surface area (TPSA) is 83.7 Å². The minimum Gasteiger partial charge on any atom is -0.334 e. The highest BCUT2D eigenvalue weighted by Crippen LogP contribution is 2.32. The Balaban J connectivity index is 1.60. The number of carbonyl (C=O) groups excluding carboxylic acids is 3. The van der Waals surface area contributed by atoms with Crippen molar-refractivity contribution < 1.29 is 14.4 Å². The fourth-order valence-corrected chi connectivity index (χ4v) is 4.99. The molecule has 1 aromatic rings. The molecular weight excluding hydrogens is 354 g/mol. The Morgan fingerprint density at radius 2 is 1.68 bits per heavy atom. The van der Waals surface area contributed by atoms with Crippen LogP contribution in [0, 0.1) is 0 Å². The predicted octanol–water partition coefficient (Wildman–Crippen LogP) is 2.96. The normalized spacial score (nSPS) is 24.4. The van der Waals surface area contributed by atoms with E-state index in [1.807, 2.05) is 11.8 Å². The van der Waals surface area contributed by atoms with Gasteiger partial charge in [-0.3, -0.25) is 19.3 Å². The molecule has 2 N–H and O–H groups in total. The highest BCUT2D eigenvalue weighted by Gasteiger charge is 2.41. The number of fused-ring (bicyclic) bond motifs is 1. The molecule has 3 amide bonds. The fourth-order valence-electron chi connectivity index (χ4n) is 4.99. The molecule has 0 spiro atoms. The average molecular weight is 383 g/mol. The second-order valence-corrected chi connectivity index (χ2v) is 8.45. The van der Waals surface area contributed by atoms with Gasteiger partial charge in [-0.25, -0.2) is 0 Å². The minimum absolute atomic E-state index is 0.00938. The summed E-state index contributed by atoms with van der Waals surface area (Å²) in [4.78, 5) is 42.2. The van der Waals surface area contributed by atoms with E-state index in [2.05, 4.69) is 0 Å². The van der Waals surface area contributed by atoms with E-state index in [-0.39, 0.29) is 35.8 Å². The number of likely N-dealkylation sites (tertiary alicyclic amines) is 1. The molecule has 150 valence electrons. The summed E-state index contributed by atoms with van der Waals surface area (Å²) < 4.78 is 0. The zero-order valence-corrected chi connectivity index (χ0v) is 16.5. The van der Waals surface area contributed by atoms with Crippen LogP contribution in [0.1, 0.15) is 89.4 Å². The van der Waals surface area contributed by atoms with Gasteiger partial charge in [-0.15, -0.1) is 0 Å². The Kier molecular flexibility index (Phi) is 5.23. The number of benzene rings is 1. The van der Waals surface area contributed by atoms with Crippen LogP contribution < -0.4 is 5.73 Å². The summed E-state index contributed by atoms with van der Waals surface area (Å²) in [6.45, 7) is 2.62. The Bertz CT molecular complexity index is 798. The van der Waals surface area contributed by atoms with Gasteiger partial charge in [0, 0.05) is 30.2 Å². The van der Waals surface area contributed by atoms with Crippen LogP contribution in [0.25, 0.3) is 0 Å². The van der Waals surface area contributed by atoms with Gasteiger partial charge >= 0.3 is 0 Å². The Morgan fingerprint density at radius 3 is 2.39 bits per heavy atom. The summed E-state index contributed by atoms with van der Waals surface area (Å²) in [5.41, 5.74) is 7.37. The maximum atomic E-state index is 13.1. The molecule has 28 heavy (non-hydrogen) atoms. The van der Waals surface area contributed by atoms with Gasteiger partial charge in [0.05, 0.1) is 11.1 Å². The van der Waals surface area contributed by atoms with Crippen LogP contribution in [-0.2, 0) is 0 Å². The van der Waals surface area contributed by atoms with Crippen molar-refractivity contribution in [1.29, 1.82) is 0 Å². The molecule has 0 bridgehead atoms. The molecule has 2 unspecified atom stereocenters. The largest absolute Gasteiger partial charge is 0.334 e. The first kappa shape index (κ1) is 19.1. The van der Waals surface area contributed by atoms with E-state index in [0.29, 0.717) is 23.2 Å². The molecule has 2 heterocycles. The van der Waals surface area contributed by atoms with Gasteiger partial charge in [0.1, 0.15) is 0 Å². The monoisotopic (exact) mass is 383 g/mol. The Hall–Kier alpha value is -2.21. The summed E-state index contributed by atoms with van der Waals surface area (Å²) in [6, 6.07) is 4.87. The van der Waals surface area contributed by atoms with E-state index in [4.69, 9.17) is 5.73 Å². The molecule has 4 rings (SSSR count). The number of nitrogens with two attached hydrogens (primary N) is 1. The maximum Gasteiger partial charge on any atom is 0.261 e. The molecule has 1 aliphatic carbocycles. The van der Waals surface area contributed by atoms with Crippen molar-refractivity contribution >= 4 is 17.7 Å². The number of piperidine rings is 1. The highest BCUT2D eigenvalue weighted by molar-refractivity contribution is 6.22. The molecule has 1 aromatic carbocycles. The average Bonchev–Trinajstić information content (AvgIpc) is 2.98. The SMILES string of the molecule is CC(N)C1CCCCN1C(=O)c1ccc2c(c1)C(=O)N(C1CCCCC1)C2=O. The van der Waals surface area contributed by atoms with E-state index in [1.54, 1.807) is 18.2 Å². The zero-order valence-electron chi connectivity index (χ0n) is 16.5. The predicted molar refractivity (Wildman–Crippen MR) is 106 cm³/mol. The zero-order chi connectivity index (χ0) is 19.8. The molecular formula is C22H29N3O3.